The van der Waals surface area contributed by atoms with Crippen molar-refractivity contribution >= 4 is 27.5 Å². The minimum Gasteiger partial charge on any atom is -0.273 e. The van der Waals surface area contributed by atoms with Gasteiger partial charge in [-0.05, 0) is 42.5 Å². The van der Waals surface area contributed by atoms with Crippen LogP contribution in [0.2, 0.25) is 5.02 Å². The second kappa shape index (κ2) is 6.58. The maximum absolute atomic E-state index is 12.0. The summed E-state index contributed by atoms with van der Waals surface area (Å²) in [6.07, 6.45) is 0. The van der Waals surface area contributed by atoms with Gasteiger partial charge in [0.05, 0.1) is 16.5 Å². The number of hydrogen-bond donors (Lipinski definition) is 2. The summed E-state index contributed by atoms with van der Waals surface area (Å²) in [4.78, 5) is 13.7. The topological polar surface area (TPSA) is 99.1 Å². The molecule has 0 unspecified atom stereocenters. The van der Waals surface area contributed by atoms with Gasteiger partial charge in [0.2, 0.25) is 0 Å². The van der Waals surface area contributed by atoms with Gasteiger partial charge in [-0.25, -0.2) is 8.42 Å². The smallest absolute Gasteiger partial charge is 0.266 e. The van der Waals surface area contributed by atoms with Crippen LogP contribution in [0.1, 0.15) is 15.9 Å². The predicted octanol–water partition coefficient (Wildman–Crippen LogP) is 1.83. The molecule has 0 aromatic heterocycles. The number of hydrazine groups is 1. The maximum atomic E-state index is 12.0. The minimum atomic E-state index is -3.96. The highest BCUT2D eigenvalue weighted by molar-refractivity contribution is 7.89. The zero-order valence-corrected chi connectivity index (χ0v) is 12.6. The second-order valence-corrected chi connectivity index (χ2v) is 6.32. The van der Waals surface area contributed by atoms with E-state index in [0.717, 1.165) is 0 Å². The third kappa shape index (κ3) is 3.83. The van der Waals surface area contributed by atoms with Crippen molar-refractivity contribution in [1.82, 2.24) is 10.3 Å². The summed E-state index contributed by atoms with van der Waals surface area (Å²) in [6, 6.07) is 13.2. The fourth-order valence-corrected chi connectivity index (χ4v) is 2.59. The molecule has 8 heteroatoms. The van der Waals surface area contributed by atoms with Gasteiger partial charge in [-0.1, -0.05) is 17.7 Å². The Kier molecular flexibility index (Phi) is 4.78. The van der Waals surface area contributed by atoms with Crippen LogP contribution in [-0.4, -0.2) is 14.3 Å². The molecule has 0 aliphatic carbocycles. The van der Waals surface area contributed by atoms with Gasteiger partial charge in [-0.2, -0.15) is 5.26 Å². The summed E-state index contributed by atoms with van der Waals surface area (Å²) >= 11 is 5.71. The van der Waals surface area contributed by atoms with Crippen LogP contribution >= 0.6 is 11.6 Å². The van der Waals surface area contributed by atoms with Crippen molar-refractivity contribution in [3.8, 4) is 6.07 Å². The molecule has 0 saturated heterocycles. The minimum absolute atomic E-state index is 0.122. The van der Waals surface area contributed by atoms with Crippen LogP contribution < -0.4 is 10.3 Å². The van der Waals surface area contributed by atoms with E-state index in [-0.39, 0.29) is 16.0 Å². The molecular weight excluding hydrogens is 326 g/mol. The van der Waals surface area contributed by atoms with E-state index in [1.165, 1.54) is 48.5 Å². The summed E-state index contributed by atoms with van der Waals surface area (Å²) in [5.41, 5.74) is 2.54. The van der Waals surface area contributed by atoms with Crippen LogP contribution in [0.25, 0.3) is 0 Å². The number of amides is 1. The first-order valence-corrected chi connectivity index (χ1v) is 7.86. The SMILES string of the molecule is N#Cc1cccc(S(=O)(=O)NNC(=O)c2ccc(Cl)cc2)c1. The van der Waals surface area contributed by atoms with Crippen LogP contribution in [-0.2, 0) is 10.0 Å². The van der Waals surface area contributed by atoms with E-state index < -0.39 is 15.9 Å². The summed E-state index contributed by atoms with van der Waals surface area (Å²) in [7, 11) is -3.96. The molecule has 0 fully saturated rings. The normalized spacial score (nSPS) is 10.7. The first kappa shape index (κ1) is 16.0. The van der Waals surface area contributed by atoms with E-state index in [1.54, 1.807) is 0 Å². The number of benzene rings is 2. The Morgan fingerprint density at radius 1 is 1.14 bits per heavy atom. The molecule has 0 atom stereocenters. The van der Waals surface area contributed by atoms with Gasteiger partial charge in [0.15, 0.2) is 0 Å². The number of hydrogen-bond acceptors (Lipinski definition) is 4. The molecule has 2 aromatic rings. The standard InChI is InChI=1S/C14H10ClN3O3S/c15-12-6-4-11(5-7-12)14(19)17-18-22(20,21)13-3-1-2-10(8-13)9-16/h1-8,18H,(H,17,19). The Hall–Kier alpha value is -2.40. The van der Waals surface area contributed by atoms with Crippen LogP contribution in [0, 0.1) is 11.3 Å². The number of nitrogens with one attached hydrogen (secondary N) is 2. The lowest BCUT2D eigenvalue weighted by Crippen LogP contribution is -2.41. The van der Waals surface area contributed by atoms with Gasteiger partial charge in [0.25, 0.3) is 15.9 Å². The molecule has 0 heterocycles. The molecule has 0 aliphatic heterocycles. The van der Waals surface area contributed by atoms with Crippen molar-refractivity contribution in [2.45, 2.75) is 4.90 Å². The monoisotopic (exact) mass is 335 g/mol. The first-order valence-electron chi connectivity index (χ1n) is 6.00. The Balaban J connectivity index is 2.11. The van der Waals surface area contributed by atoms with Crippen LogP contribution in [0.3, 0.4) is 0 Å². The summed E-state index contributed by atoms with van der Waals surface area (Å²) in [5.74, 6) is -0.628. The Bertz CT molecular complexity index is 842. The molecule has 112 valence electrons. The lowest BCUT2D eigenvalue weighted by atomic mass is 10.2. The molecule has 0 aliphatic rings. The molecule has 2 aromatic carbocycles. The number of halogens is 1. The molecule has 2 N–H and O–H groups in total. The molecule has 1 amide bonds. The fourth-order valence-electron chi connectivity index (χ4n) is 1.58. The van der Waals surface area contributed by atoms with Crippen molar-refractivity contribution in [3.63, 3.8) is 0 Å². The average molecular weight is 336 g/mol. The van der Waals surface area contributed by atoms with Crippen molar-refractivity contribution in [3.05, 3.63) is 64.7 Å². The summed E-state index contributed by atoms with van der Waals surface area (Å²) in [6.45, 7) is 0. The zero-order valence-electron chi connectivity index (χ0n) is 11.1. The number of sulfonamides is 1. The molecule has 6 nitrogen and oxygen atoms in total. The van der Waals surface area contributed by atoms with E-state index in [1.807, 2.05) is 10.9 Å². The van der Waals surface area contributed by atoms with Gasteiger partial charge in [0.1, 0.15) is 0 Å². The van der Waals surface area contributed by atoms with E-state index in [2.05, 4.69) is 5.43 Å². The lowest BCUT2D eigenvalue weighted by Gasteiger charge is -2.08. The van der Waals surface area contributed by atoms with E-state index in [9.17, 15) is 13.2 Å². The molecule has 0 bridgehead atoms. The van der Waals surface area contributed by atoms with Crippen molar-refractivity contribution < 1.29 is 13.2 Å². The van der Waals surface area contributed by atoms with Gasteiger partial charge < -0.3 is 0 Å². The van der Waals surface area contributed by atoms with E-state index in [4.69, 9.17) is 16.9 Å². The molecular formula is C14H10ClN3O3S. The first-order chi connectivity index (χ1) is 10.4. The van der Waals surface area contributed by atoms with Crippen molar-refractivity contribution in [2.24, 2.45) is 0 Å². The number of rotatable bonds is 4. The number of carbonyl (C=O) groups excluding carboxylic acids is 1. The van der Waals surface area contributed by atoms with Crippen LogP contribution in [0.15, 0.2) is 53.4 Å². The maximum Gasteiger partial charge on any atom is 0.266 e. The highest BCUT2D eigenvalue weighted by Gasteiger charge is 2.16. The highest BCUT2D eigenvalue weighted by atomic mass is 35.5. The van der Waals surface area contributed by atoms with E-state index >= 15 is 0 Å². The van der Waals surface area contributed by atoms with Gasteiger partial charge in [-0.3, -0.25) is 10.2 Å². The summed E-state index contributed by atoms with van der Waals surface area (Å²) < 4.78 is 24.1. The van der Waals surface area contributed by atoms with Crippen molar-refractivity contribution in [1.29, 1.82) is 5.26 Å². The zero-order chi connectivity index (χ0) is 16.2. The third-order valence-corrected chi connectivity index (χ3v) is 4.18. The third-order valence-electron chi connectivity index (χ3n) is 2.68. The van der Waals surface area contributed by atoms with Gasteiger partial charge >= 0.3 is 0 Å². The Labute approximate surface area is 132 Å². The van der Waals surface area contributed by atoms with Crippen LogP contribution in [0.5, 0.6) is 0 Å². The number of carbonyl (C=O) groups is 1. The highest BCUT2D eigenvalue weighted by Crippen LogP contribution is 2.11. The second-order valence-electron chi connectivity index (χ2n) is 4.21. The fraction of sp³-hybridized carbons (Fsp3) is 0. The molecule has 2 rings (SSSR count). The Morgan fingerprint density at radius 3 is 2.45 bits per heavy atom. The quantitative estimate of drug-likeness (QED) is 0.833. The molecule has 0 spiro atoms. The Morgan fingerprint density at radius 2 is 1.82 bits per heavy atom. The number of nitrogens with zero attached hydrogens (tertiary/aromatic N) is 1. The van der Waals surface area contributed by atoms with Crippen LogP contribution in [0.4, 0.5) is 0 Å². The summed E-state index contributed by atoms with van der Waals surface area (Å²) in [5, 5.41) is 9.23. The van der Waals surface area contributed by atoms with Gasteiger partial charge in [0, 0.05) is 10.6 Å². The van der Waals surface area contributed by atoms with Gasteiger partial charge in [-0.15, -0.1) is 4.83 Å². The number of nitriles is 1. The largest absolute Gasteiger partial charge is 0.273 e. The molecule has 22 heavy (non-hydrogen) atoms. The average Bonchev–Trinajstić information content (AvgIpc) is 2.53. The predicted molar refractivity (Wildman–Crippen MR) is 80.4 cm³/mol. The molecule has 0 radical (unpaired) electrons. The van der Waals surface area contributed by atoms with Crippen molar-refractivity contribution in [2.75, 3.05) is 0 Å². The lowest BCUT2D eigenvalue weighted by molar-refractivity contribution is 0.0945. The van der Waals surface area contributed by atoms with E-state index in [0.29, 0.717) is 5.02 Å². The molecule has 0 saturated carbocycles.